The second-order valence-electron chi connectivity index (χ2n) is 5.03. The summed E-state index contributed by atoms with van der Waals surface area (Å²) in [4.78, 5) is 22.7. The number of carbonyl (C=O) groups excluding carboxylic acids is 1. The van der Waals surface area contributed by atoms with E-state index in [0.717, 1.165) is 21.1 Å². The fourth-order valence-corrected chi connectivity index (χ4v) is 3.62. The molecular weight excluding hydrogens is 314 g/mol. The number of rotatable bonds is 3. The molecule has 6 heteroatoms. The Kier molecular flexibility index (Phi) is 4.04. The molecule has 0 unspecified atom stereocenters. The molecule has 1 amide bonds. The van der Waals surface area contributed by atoms with Crippen LogP contribution in [0.2, 0.25) is 0 Å². The number of nitrogens with one attached hydrogen (secondary N) is 1. The van der Waals surface area contributed by atoms with E-state index in [1.165, 1.54) is 28.2 Å². The molecule has 0 atom stereocenters. The largest absolute Gasteiger partial charge is 0.297 e. The van der Waals surface area contributed by atoms with Crippen molar-refractivity contribution in [3.63, 3.8) is 0 Å². The van der Waals surface area contributed by atoms with Crippen LogP contribution in [0.25, 0.3) is 10.6 Å². The molecule has 0 aliphatic heterocycles. The van der Waals surface area contributed by atoms with Crippen molar-refractivity contribution in [2.75, 3.05) is 5.32 Å². The Balaban J connectivity index is 1.85. The number of aromatic nitrogens is 2. The van der Waals surface area contributed by atoms with Crippen LogP contribution in [0.3, 0.4) is 0 Å². The molecule has 0 bridgehead atoms. The van der Waals surface area contributed by atoms with Gasteiger partial charge in [-0.3, -0.25) is 10.1 Å². The maximum Gasteiger partial charge on any atom is 0.269 e. The summed E-state index contributed by atoms with van der Waals surface area (Å²) in [6, 6.07) is 8.15. The average Bonchev–Trinajstić information content (AvgIpc) is 3.06. The van der Waals surface area contributed by atoms with Crippen molar-refractivity contribution >= 4 is 33.7 Å². The molecule has 3 rings (SSSR count). The van der Waals surface area contributed by atoms with Crippen molar-refractivity contribution in [3.8, 4) is 10.6 Å². The number of anilines is 1. The number of nitrogens with zero attached hydrogens (tertiary/aromatic N) is 2. The van der Waals surface area contributed by atoms with Gasteiger partial charge in [-0.2, -0.15) is 0 Å². The molecule has 22 heavy (non-hydrogen) atoms. The molecule has 0 aliphatic carbocycles. The van der Waals surface area contributed by atoms with Crippen LogP contribution in [0, 0.1) is 20.8 Å². The van der Waals surface area contributed by atoms with E-state index in [2.05, 4.69) is 15.3 Å². The summed E-state index contributed by atoms with van der Waals surface area (Å²) in [5.41, 5.74) is 2.98. The Hall–Kier alpha value is -2.05. The van der Waals surface area contributed by atoms with Crippen LogP contribution in [-0.4, -0.2) is 15.9 Å². The van der Waals surface area contributed by atoms with Gasteiger partial charge in [0.25, 0.3) is 5.91 Å². The fraction of sp³-hybridized carbons (Fsp3) is 0.188. The minimum absolute atomic E-state index is 0.150. The lowest BCUT2D eigenvalue weighted by molar-refractivity contribution is 0.103. The smallest absolute Gasteiger partial charge is 0.269 e. The molecule has 0 aliphatic rings. The quantitative estimate of drug-likeness (QED) is 0.772. The number of hydrogen-bond acceptors (Lipinski definition) is 5. The van der Waals surface area contributed by atoms with Gasteiger partial charge >= 0.3 is 0 Å². The molecule has 0 spiro atoms. The lowest BCUT2D eigenvalue weighted by Crippen LogP contribution is -2.11. The van der Waals surface area contributed by atoms with Crippen LogP contribution in [0.5, 0.6) is 0 Å². The normalized spacial score (nSPS) is 10.7. The highest BCUT2D eigenvalue weighted by Crippen LogP contribution is 2.29. The Labute approximate surface area is 136 Å². The molecule has 1 N–H and O–H groups in total. The van der Waals surface area contributed by atoms with Gasteiger partial charge in [0.2, 0.25) is 0 Å². The third-order valence-corrected chi connectivity index (χ3v) is 5.18. The second kappa shape index (κ2) is 5.98. The monoisotopic (exact) mass is 329 g/mol. The average molecular weight is 329 g/mol. The maximum absolute atomic E-state index is 12.4. The summed E-state index contributed by atoms with van der Waals surface area (Å²) in [5, 5.41) is 4.31. The van der Waals surface area contributed by atoms with E-state index in [9.17, 15) is 4.79 Å². The number of thiazole rings is 2. The first-order valence-corrected chi connectivity index (χ1v) is 8.44. The number of carbonyl (C=O) groups is 1. The number of aryl methyl sites for hydroxylation is 3. The molecule has 4 nitrogen and oxygen atoms in total. The maximum atomic E-state index is 12.4. The number of benzene rings is 1. The molecule has 2 aromatic heterocycles. The SMILES string of the molecule is Cc1ccc(-c2nc(C)c(C(=O)Nc3ncc(C)s3)s2)cc1. The Morgan fingerprint density at radius 3 is 2.45 bits per heavy atom. The van der Waals surface area contributed by atoms with Crippen LogP contribution in [-0.2, 0) is 0 Å². The first-order valence-electron chi connectivity index (χ1n) is 6.81. The topological polar surface area (TPSA) is 54.9 Å². The van der Waals surface area contributed by atoms with Crippen molar-refractivity contribution in [2.45, 2.75) is 20.8 Å². The Bertz CT molecular complexity index is 818. The van der Waals surface area contributed by atoms with E-state index in [0.29, 0.717) is 10.0 Å². The van der Waals surface area contributed by atoms with E-state index in [4.69, 9.17) is 0 Å². The highest BCUT2D eigenvalue weighted by Gasteiger charge is 2.17. The van der Waals surface area contributed by atoms with Crippen LogP contribution < -0.4 is 5.32 Å². The van der Waals surface area contributed by atoms with Gasteiger partial charge < -0.3 is 0 Å². The summed E-state index contributed by atoms with van der Waals surface area (Å²) in [7, 11) is 0. The zero-order valence-corrected chi connectivity index (χ0v) is 14.1. The summed E-state index contributed by atoms with van der Waals surface area (Å²) < 4.78 is 0. The second-order valence-corrected chi connectivity index (χ2v) is 7.26. The lowest BCUT2D eigenvalue weighted by Gasteiger charge is -1.98. The van der Waals surface area contributed by atoms with Crippen molar-refractivity contribution in [1.29, 1.82) is 0 Å². The van der Waals surface area contributed by atoms with Gasteiger partial charge in [-0.1, -0.05) is 29.8 Å². The van der Waals surface area contributed by atoms with E-state index >= 15 is 0 Å². The Morgan fingerprint density at radius 2 is 1.82 bits per heavy atom. The van der Waals surface area contributed by atoms with Gasteiger partial charge in [-0.05, 0) is 20.8 Å². The standard InChI is InChI=1S/C16H15N3OS2/c1-9-4-6-12(7-5-9)15-18-11(3)13(22-15)14(20)19-16-17-8-10(2)21-16/h4-8H,1-3H3,(H,17,19,20). The van der Waals surface area contributed by atoms with E-state index in [-0.39, 0.29) is 5.91 Å². The van der Waals surface area contributed by atoms with Crippen LogP contribution in [0.15, 0.2) is 30.5 Å². The molecule has 0 fully saturated rings. The van der Waals surface area contributed by atoms with E-state index in [1.807, 2.05) is 45.0 Å². The highest BCUT2D eigenvalue weighted by molar-refractivity contribution is 7.17. The molecule has 0 saturated heterocycles. The predicted octanol–water partition coefficient (Wildman–Crippen LogP) is 4.44. The molecule has 0 radical (unpaired) electrons. The van der Waals surface area contributed by atoms with Crippen LogP contribution in [0.1, 0.15) is 25.8 Å². The lowest BCUT2D eigenvalue weighted by atomic mass is 10.2. The number of hydrogen-bond donors (Lipinski definition) is 1. The van der Waals surface area contributed by atoms with Gasteiger partial charge in [-0.25, -0.2) is 9.97 Å². The zero-order valence-electron chi connectivity index (χ0n) is 12.5. The zero-order chi connectivity index (χ0) is 15.7. The first kappa shape index (κ1) is 14.9. The molecule has 1 aromatic carbocycles. The molecule has 112 valence electrons. The third kappa shape index (κ3) is 3.08. The summed E-state index contributed by atoms with van der Waals surface area (Å²) in [6.45, 7) is 5.86. The predicted molar refractivity (Wildman–Crippen MR) is 91.8 cm³/mol. The van der Waals surface area contributed by atoms with Crippen LogP contribution in [0.4, 0.5) is 5.13 Å². The van der Waals surface area contributed by atoms with Crippen molar-refractivity contribution in [1.82, 2.24) is 9.97 Å². The van der Waals surface area contributed by atoms with E-state index in [1.54, 1.807) is 6.20 Å². The van der Waals surface area contributed by atoms with Crippen molar-refractivity contribution in [3.05, 3.63) is 51.5 Å². The first-order chi connectivity index (χ1) is 10.5. The van der Waals surface area contributed by atoms with Crippen molar-refractivity contribution < 1.29 is 4.79 Å². The fourth-order valence-electron chi connectivity index (χ4n) is 1.99. The highest BCUT2D eigenvalue weighted by atomic mass is 32.1. The van der Waals surface area contributed by atoms with Gasteiger partial charge in [0.15, 0.2) is 5.13 Å². The van der Waals surface area contributed by atoms with Crippen molar-refractivity contribution in [2.24, 2.45) is 0 Å². The Morgan fingerprint density at radius 1 is 1.09 bits per heavy atom. The molecule has 0 saturated carbocycles. The summed E-state index contributed by atoms with van der Waals surface area (Å²) in [5.74, 6) is -0.150. The minimum Gasteiger partial charge on any atom is -0.297 e. The van der Waals surface area contributed by atoms with Crippen LogP contribution >= 0.6 is 22.7 Å². The third-order valence-electron chi connectivity index (χ3n) is 3.14. The van der Waals surface area contributed by atoms with Gasteiger partial charge in [-0.15, -0.1) is 22.7 Å². The summed E-state index contributed by atoms with van der Waals surface area (Å²) in [6.07, 6.45) is 1.75. The minimum atomic E-state index is -0.150. The molecular formula is C16H15N3OS2. The summed E-state index contributed by atoms with van der Waals surface area (Å²) >= 11 is 2.87. The molecule has 2 heterocycles. The van der Waals surface area contributed by atoms with Gasteiger partial charge in [0.05, 0.1) is 5.69 Å². The van der Waals surface area contributed by atoms with E-state index < -0.39 is 0 Å². The van der Waals surface area contributed by atoms with Gasteiger partial charge in [0.1, 0.15) is 9.88 Å². The molecule has 3 aromatic rings. The number of amides is 1. The van der Waals surface area contributed by atoms with Gasteiger partial charge in [0, 0.05) is 16.6 Å².